The minimum Gasteiger partial charge on any atom is -0.465 e. The number of benzene rings is 3. The molecule has 0 radical (unpaired) electrons. The number of carbonyl (C=O) groups is 2. The second kappa shape index (κ2) is 10.9. The van der Waals surface area contributed by atoms with E-state index in [0.29, 0.717) is 59.5 Å². The molecule has 9 nitrogen and oxygen atoms in total. The number of rotatable bonds is 7. The average molecular weight is 529 g/mol. The average Bonchev–Trinajstić information content (AvgIpc) is 3.35. The molecule has 1 aromatic heterocycles. The fourth-order valence-corrected chi connectivity index (χ4v) is 5.30. The number of nitrogens with one attached hydrogen (secondary N) is 1. The molecule has 202 valence electrons. The number of carbonyl (C=O) groups excluding carboxylic acids is 1. The third kappa shape index (κ3) is 5.10. The second-order valence-electron chi connectivity index (χ2n) is 10.0. The second-order valence-corrected chi connectivity index (χ2v) is 10.0. The molecule has 39 heavy (non-hydrogen) atoms. The van der Waals surface area contributed by atoms with Gasteiger partial charge in [-0.25, -0.2) is 9.78 Å². The lowest BCUT2D eigenvalue weighted by Crippen LogP contribution is -2.40. The summed E-state index contributed by atoms with van der Waals surface area (Å²) in [5.41, 5.74) is 1.37. The Morgan fingerprint density at radius 1 is 1.00 bits per heavy atom. The van der Waals surface area contributed by atoms with Crippen molar-refractivity contribution in [2.45, 2.75) is 37.5 Å². The van der Waals surface area contributed by atoms with Crippen LogP contribution in [-0.4, -0.2) is 67.5 Å². The Morgan fingerprint density at radius 3 is 2.13 bits per heavy atom. The predicted octanol–water partition coefficient (Wildman–Crippen LogP) is 3.75. The van der Waals surface area contributed by atoms with E-state index in [1.807, 2.05) is 65.2 Å². The van der Waals surface area contributed by atoms with Gasteiger partial charge in [-0.3, -0.25) is 4.79 Å². The number of fused-ring (bicyclic) bond motifs is 1. The maximum atomic E-state index is 12.9. The molecule has 2 amide bonds. The van der Waals surface area contributed by atoms with Crippen LogP contribution in [0.3, 0.4) is 0 Å². The van der Waals surface area contributed by atoms with Crippen molar-refractivity contribution in [3.05, 3.63) is 101 Å². The summed E-state index contributed by atoms with van der Waals surface area (Å²) in [5.74, 6) is 0.0828. The lowest BCUT2D eigenvalue weighted by atomic mass is 9.85. The minimum atomic E-state index is -1.61. The third-order valence-corrected chi connectivity index (χ3v) is 7.32. The van der Waals surface area contributed by atoms with E-state index in [-0.39, 0.29) is 18.5 Å². The SMILES string of the molecule is CC(O)CNC(=O)c1ccc2nc(C(O)(c3ccccc3)c3ccccc3)n(C3CCN(C(=O)O)CC3)c2c1. The normalized spacial score (nSPS) is 15.3. The van der Waals surface area contributed by atoms with Crippen molar-refractivity contribution in [3.8, 4) is 0 Å². The quantitative estimate of drug-likeness (QED) is 0.289. The smallest absolute Gasteiger partial charge is 0.407 e. The zero-order chi connectivity index (χ0) is 27.6. The van der Waals surface area contributed by atoms with Gasteiger partial charge in [-0.2, -0.15) is 0 Å². The molecule has 4 aromatic rings. The first-order chi connectivity index (χ1) is 18.8. The molecule has 1 aliphatic rings. The fourth-order valence-electron chi connectivity index (χ4n) is 5.30. The summed E-state index contributed by atoms with van der Waals surface area (Å²) in [6.45, 7) is 2.42. The van der Waals surface area contributed by atoms with E-state index in [1.165, 1.54) is 4.90 Å². The van der Waals surface area contributed by atoms with E-state index in [4.69, 9.17) is 4.98 Å². The Bertz CT molecular complexity index is 1420. The standard InChI is InChI=1S/C30H32N4O5/c1-20(35)19-31-27(36)21-12-13-25-26(18-21)34(24-14-16-33(17-15-24)29(37)38)28(32-25)30(39,22-8-4-2-5-9-22)23-10-6-3-7-11-23/h2-13,18,20,24,35,39H,14-17,19H2,1H3,(H,31,36)(H,37,38). The highest BCUT2D eigenvalue weighted by Gasteiger charge is 2.41. The Labute approximate surface area is 226 Å². The number of aliphatic hydroxyl groups is 2. The van der Waals surface area contributed by atoms with E-state index in [1.54, 1.807) is 25.1 Å². The maximum Gasteiger partial charge on any atom is 0.407 e. The molecule has 1 aliphatic heterocycles. The third-order valence-electron chi connectivity index (χ3n) is 7.32. The van der Waals surface area contributed by atoms with Gasteiger partial charge in [0.1, 0.15) is 0 Å². The van der Waals surface area contributed by atoms with Crippen LogP contribution in [0.1, 0.15) is 53.1 Å². The van der Waals surface area contributed by atoms with E-state index in [0.717, 1.165) is 0 Å². The van der Waals surface area contributed by atoms with Gasteiger partial charge in [0.2, 0.25) is 0 Å². The van der Waals surface area contributed by atoms with Gasteiger partial charge in [-0.05, 0) is 49.1 Å². The number of amides is 2. The Morgan fingerprint density at radius 2 is 1.59 bits per heavy atom. The molecule has 1 saturated heterocycles. The first kappa shape index (κ1) is 26.4. The van der Waals surface area contributed by atoms with Crippen LogP contribution in [0.2, 0.25) is 0 Å². The predicted molar refractivity (Wildman–Crippen MR) is 147 cm³/mol. The number of hydrogen-bond donors (Lipinski definition) is 4. The number of nitrogens with zero attached hydrogens (tertiary/aromatic N) is 3. The van der Waals surface area contributed by atoms with Crippen LogP contribution < -0.4 is 5.32 Å². The molecule has 1 fully saturated rings. The minimum absolute atomic E-state index is 0.122. The molecule has 9 heteroatoms. The molecule has 5 rings (SSSR count). The number of carboxylic acid groups (broad SMARTS) is 1. The molecule has 2 heterocycles. The van der Waals surface area contributed by atoms with Crippen LogP contribution in [0.4, 0.5) is 4.79 Å². The van der Waals surface area contributed by atoms with E-state index in [2.05, 4.69) is 5.32 Å². The Kier molecular flexibility index (Phi) is 7.36. The number of piperidine rings is 1. The van der Waals surface area contributed by atoms with Gasteiger partial charge < -0.3 is 30.1 Å². The molecule has 3 aromatic carbocycles. The van der Waals surface area contributed by atoms with Crippen molar-refractivity contribution >= 4 is 23.0 Å². The number of aromatic nitrogens is 2. The zero-order valence-electron chi connectivity index (χ0n) is 21.7. The molecule has 0 saturated carbocycles. The van der Waals surface area contributed by atoms with Crippen LogP contribution in [0, 0.1) is 0 Å². The summed E-state index contributed by atoms with van der Waals surface area (Å²) in [6.07, 6.45) is -0.571. The fraction of sp³-hybridized carbons (Fsp3) is 0.300. The van der Waals surface area contributed by atoms with Crippen molar-refractivity contribution in [2.75, 3.05) is 19.6 Å². The van der Waals surface area contributed by atoms with Gasteiger partial charge in [0.05, 0.1) is 17.1 Å². The molecular weight excluding hydrogens is 496 g/mol. The number of hydrogen-bond acceptors (Lipinski definition) is 5. The van der Waals surface area contributed by atoms with E-state index >= 15 is 0 Å². The largest absolute Gasteiger partial charge is 0.465 e. The Hall–Kier alpha value is -4.21. The van der Waals surface area contributed by atoms with Crippen molar-refractivity contribution in [3.63, 3.8) is 0 Å². The van der Waals surface area contributed by atoms with Crippen LogP contribution in [0.25, 0.3) is 11.0 Å². The van der Waals surface area contributed by atoms with Gasteiger partial charge in [0.25, 0.3) is 5.91 Å². The van der Waals surface area contributed by atoms with Gasteiger partial charge in [0.15, 0.2) is 11.4 Å². The molecule has 4 N–H and O–H groups in total. The van der Waals surface area contributed by atoms with Gasteiger partial charge in [0, 0.05) is 31.2 Å². The summed E-state index contributed by atoms with van der Waals surface area (Å²) >= 11 is 0. The lowest BCUT2D eigenvalue weighted by molar-refractivity contribution is 0.0923. The van der Waals surface area contributed by atoms with E-state index in [9.17, 15) is 24.9 Å². The van der Waals surface area contributed by atoms with Gasteiger partial charge in [-0.15, -0.1) is 0 Å². The molecule has 0 aliphatic carbocycles. The van der Waals surface area contributed by atoms with Crippen LogP contribution in [-0.2, 0) is 5.60 Å². The monoisotopic (exact) mass is 528 g/mol. The summed E-state index contributed by atoms with van der Waals surface area (Å²) in [4.78, 5) is 30.8. The van der Waals surface area contributed by atoms with Crippen molar-refractivity contribution < 1.29 is 24.9 Å². The summed E-state index contributed by atoms with van der Waals surface area (Å²) < 4.78 is 1.99. The van der Waals surface area contributed by atoms with Crippen LogP contribution >= 0.6 is 0 Å². The molecule has 0 bridgehead atoms. The summed E-state index contributed by atoms with van der Waals surface area (Å²) in [5, 5.41) is 34.4. The topological polar surface area (TPSA) is 128 Å². The number of imidazole rings is 1. The maximum absolute atomic E-state index is 12.9. The number of likely N-dealkylation sites (tertiary alicyclic amines) is 1. The Balaban J connectivity index is 1.70. The molecule has 1 atom stereocenters. The van der Waals surface area contributed by atoms with Crippen molar-refractivity contribution in [2.24, 2.45) is 0 Å². The highest BCUT2D eigenvalue weighted by molar-refractivity contribution is 5.97. The van der Waals surface area contributed by atoms with E-state index < -0.39 is 17.8 Å². The van der Waals surface area contributed by atoms with Gasteiger partial charge in [-0.1, -0.05) is 60.7 Å². The highest BCUT2D eigenvalue weighted by Crippen LogP contribution is 2.40. The molecule has 1 unspecified atom stereocenters. The van der Waals surface area contributed by atoms with Gasteiger partial charge >= 0.3 is 6.09 Å². The first-order valence-electron chi connectivity index (χ1n) is 13.1. The summed E-state index contributed by atoms with van der Waals surface area (Å²) in [6, 6.07) is 23.7. The molecule has 0 spiro atoms. The zero-order valence-corrected chi connectivity index (χ0v) is 21.7. The molecular formula is C30H32N4O5. The first-order valence-corrected chi connectivity index (χ1v) is 13.1. The van der Waals surface area contributed by atoms with Crippen LogP contribution in [0.15, 0.2) is 78.9 Å². The van der Waals surface area contributed by atoms with Crippen molar-refractivity contribution in [1.82, 2.24) is 19.8 Å². The summed E-state index contributed by atoms with van der Waals surface area (Å²) in [7, 11) is 0. The number of aliphatic hydroxyl groups excluding tert-OH is 1. The van der Waals surface area contributed by atoms with Crippen LogP contribution in [0.5, 0.6) is 0 Å². The lowest BCUT2D eigenvalue weighted by Gasteiger charge is -2.35. The highest BCUT2D eigenvalue weighted by atomic mass is 16.4. The van der Waals surface area contributed by atoms with Crippen molar-refractivity contribution in [1.29, 1.82) is 0 Å².